The van der Waals surface area contributed by atoms with E-state index in [1.54, 1.807) is 45.2 Å². The number of pyridine rings is 1. The predicted octanol–water partition coefficient (Wildman–Crippen LogP) is 2.99. The van der Waals surface area contributed by atoms with Crippen LogP contribution in [0.4, 0.5) is 4.39 Å². The highest BCUT2D eigenvalue weighted by molar-refractivity contribution is 7.14. The third-order valence-corrected chi connectivity index (χ3v) is 8.71. The van der Waals surface area contributed by atoms with Gasteiger partial charge in [0, 0.05) is 39.2 Å². The number of hydrogen-bond acceptors (Lipinski definition) is 8. The van der Waals surface area contributed by atoms with E-state index >= 15 is 0 Å². The van der Waals surface area contributed by atoms with Crippen molar-refractivity contribution in [3.8, 4) is 16.3 Å². The number of aromatic hydroxyl groups is 1. The average molecular weight is 557 g/mol. The van der Waals surface area contributed by atoms with Crippen molar-refractivity contribution in [3.63, 3.8) is 0 Å². The predicted molar refractivity (Wildman–Crippen MR) is 146 cm³/mol. The molecule has 1 aliphatic carbocycles. The maximum atomic E-state index is 13.5. The highest BCUT2D eigenvalue weighted by atomic mass is 32.1. The van der Waals surface area contributed by atoms with Crippen LogP contribution in [0.15, 0.2) is 35.3 Å². The Morgan fingerprint density at radius 3 is 2.36 bits per heavy atom. The number of amides is 2. The van der Waals surface area contributed by atoms with Gasteiger partial charge < -0.3 is 19.9 Å². The van der Waals surface area contributed by atoms with E-state index in [2.05, 4.69) is 20.5 Å². The van der Waals surface area contributed by atoms with Gasteiger partial charge in [-0.15, -0.1) is 10.2 Å². The fraction of sp³-hybridized carbons (Fsp3) is 0.444. The van der Waals surface area contributed by atoms with Crippen molar-refractivity contribution in [1.29, 1.82) is 0 Å². The first-order chi connectivity index (χ1) is 18.4. The van der Waals surface area contributed by atoms with E-state index < -0.39 is 28.2 Å². The molecule has 0 radical (unpaired) electrons. The summed E-state index contributed by atoms with van der Waals surface area (Å²) in [4.78, 5) is 45.1. The summed E-state index contributed by atoms with van der Waals surface area (Å²) in [6.45, 7) is 1.94. The van der Waals surface area contributed by atoms with Crippen LogP contribution in [0, 0.1) is 11.2 Å². The fourth-order valence-electron chi connectivity index (χ4n) is 5.14. The summed E-state index contributed by atoms with van der Waals surface area (Å²) in [6.07, 6.45) is 3.95. The molecule has 0 bridgehead atoms. The Bertz CT molecular complexity index is 1430. The molecule has 0 saturated heterocycles. The minimum absolute atomic E-state index is 0.0521. The van der Waals surface area contributed by atoms with Crippen molar-refractivity contribution in [2.24, 2.45) is 5.41 Å². The summed E-state index contributed by atoms with van der Waals surface area (Å²) in [6, 6.07) is 6.02. The van der Waals surface area contributed by atoms with E-state index in [-0.39, 0.29) is 23.0 Å². The molecule has 1 saturated carbocycles. The Labute approximate surface area is 229 Å². The molecule has 10 nitrogen and oxygen atoms in total. The second kappa shape index (κ2) is 10.9. The summed E-state index contributed by atoms with van der Waals surface area (Å²) in [5, 5.41) is 23.1. The van der Waals surface area contributed by atoms with Crippen LogP contribution >= 0.6 is 11.3 Å². The molecule has 0 unspecified atom stereocenters. The van der Waals surface area contributed by atoms with E-state index in [0.717, 1.165) is 5.56 Å². The number of H-pyrrole nitrogens is 1. The molecule has 3 N–H and O–H groups in total. The molecule has 2 heterocycles. The van der Waals surface area contributed by atoms with E-state index in [0.29, 0.717) is 42.1 Å². The van der Waals surface area contributed by atoms with Crippen LogP contribution in [0.5, 0.6) is 5.75 Å². The smallest absolute Gasteiger partial charge is 0.275 e. The Kier molecular flexibility index (Phi) is 7.89. The molecule has 1 aromatic carbocycles. The minimum Gasteiger partial charge on any atom is -0.503 e. The second-order valence-electron chi connectivity index (χ2n) is 10.5. The highest BCUT2D eigenvalue weighted by Crippen LogP contribution is 2.43. The first-order valence-corrected chi connectivity index (χ1v) is 13.4. The van der Waals surface area contributed by atoms with Gasteiger partial charge in [0.15, 0.2) is 16.5 Å². The Morgan fingerprint density at radius 2 is 1.77 bits per heavy atom. The summed E-state index contributed by atoms with van der Waals surface area (Å²) >= 11 is 1.17. The van der Waals surface area contributed by atoms with Crippen LogP contribution < -0.4 is 10.7 Å². The normalized spacial score (nSPS) is 21.0. The lowest BCUT2D eigenvalue weighted by molar-refractivity contribution is -0.142. The lowest BCUT2D eigenvalue weighted by Gasteiger charge is -2.49. The highest BCUT2D eigenvalue weighted by Gasteiger charge is 2.47. The number of nitrogens with one attached hydrogen (secondary N) is 2. The Morgan fingerprint density at radius 1 is 1.13 bits per heavy atom. The number of nitrogens with zero attached hydrogens (tertiary/aromatic N) is 4. The van der Waals surface area contributed by atoms with Gasteiger partial charge in [-0.25, -0.2) is 4.39 Å². The first-order valence-electron chi connectivity index (χ1n) is 12.6. The average Bonchev–Trinajstić information content (AvgIpc) is 3.39. The van der Waals surface area contributed by atoms with Crippen molar-refractivity contribution >= 4 is 23.2 Å². The van der Waals surface area contributed by atoms with Crippen LogP contribution in [0.3, 0.4) is 0 Å². The topological polar surface area (TPSA) is 132 Å². The van der Waals surface area contributed by atoms with E-state index in [1.165, 1.54) is 34.6 Å². The summed E-state index contributed by atoms with van der Waals surface area (Å²) < 4.78 is 13.2. The molecule has 2 aromatic heterocycles. The quantitative estimate of drug-likeness (QED) is 0.381. The van der Waals surface area contributed by atoms with Gasteiger partial charge in [-0.1, -0.05) is 30.4 Å². The van der Waals surface area contributed by atoms with Crippen molar-refractivity contribution in [3.05, 3.63) is 62.8 Å². The van der Waals surface area contributed by atoms with Crippen molar-refractivity contribution in [2.45, 2.75) is 44.7 Å². The summed E-state index contributed by atoms with van der Waals surface area (Å²) in [5.41, 5.74) is -1.31. The molecular weight excluding hydrogens is 523 g/mol. The zero-order valence-electron chi connectivity index (χ0n) is 22.7. The van der Waals surface area contributed by atoms with Gasteiger partial charge in [0.2, 0.25) is 11.3 Å². The molecular formula is C27H33FN6O4S. The Hall–Kier alpha value is -3.64. The summed E-state index contributed by atoms with van der Waals surface area (Å²) in [5.74, 6) is -1.53. The van der Waals surface area contributed by atoms with Gasteiger partial charge in [0.25, 0.3) is 5.91 Å². The summed E-state index contributed by atoms with van der Waals surface area (Å²) in [7, 11) is 6.85. The second-order valence-corrected chi connectivity index (χ2v) is 11.5. The number of aromatic amines is 1. The van der Waals surface area contributed by atoms with Crippen LogP contribution in [0.2, 0.25) is 0 Å². The molecule has 0 atom stereocenters. The molecule has 0 aliphatic heterocycles. The lowest BCUT2D eigenvalue weighted by atomic mass is 9.70. The van der Waals surface area contributed by atoms with Gasteiger partial charge in [-0.2, -0.15) is 0 Å². The number of carbonyl (C=O) groups is 2. The van der Waals surface area contributed by atoms with E-state index in [4.69, 9.17) is 0 Å². The van der Waals surface area contributed by atoms with E-state index in [9.17, 15) is 23.9 Å². The van der Waals surface area contributed by atoms with Gasteiger partial charge in [-0.3, -0.25) is 19.7 Å². The maximum absolute atomic E-state index is 13.5. The number of benzene rings is 1. The molecule has 1 fully saturated rings. The zero-order chi connectivity index (χ0) is 28.5. The molecule has 2 amide bonds. The molecule has 39 heavy (non-hydrogen) atoms. The van der Waals surface area contributed by atoms with Crippen LogP contribution in [-0.2, 0) is 11.2 Å². The maximum Gasteiger partial charge on any atom is 0.275 e. The van der Waals surface area contributed by atoms with Crippen molar-refractivity contribution < 1.29 is 19.1 Å². The number of hydrogen-bond donors (Lipinski definition) is 3. The van der Waals surface area contributed by atoms with E-state index in [1.807, 2.05) is 6.92 Å². The fourth-order valence-corrected chi connectivity index (χ4v) is 6.02. The number of halogens is 1. The molecule has 1 aliphatic rings. The third kappa shape index (κ3) is 5.44. The SMILES string of the molecule is CNC1(N(C)C(=O)c2[nH]cc(-c3nnc(Cc4ccc(F)cc4)s3)c(=O)c2O)CCC(C)(C(=O)N(C)C)CC1. The molecule has 3 aromatic rings. The molecule has 4 rings (SSSR count). The molecule has 0 spiro atoms. The van der Waals surface area contributed by atoms with Crippen LogP contribution in [0.25, 0.3) is 10.6 Å². The lowest BCUT2D eigenvalue weighted by Crippen LogP contribution is -2.61. The molecule has 12 heteroatoms. The standard InChI is InChI=1S/C27H33FN6O4S/c1-26(25(38)33(3)4)10-12-27(29-2,13-11-26)34(5)24(37)20-22(36)21(35)18(15-30-20)23-32-31-19(39-23)14-16-6-8-17(28)9-7-16/h6-9,15,29,36H,10-14H2,1-5H3,(H,30,35). The third-order valence-electron chi connectivity index (χ3n) is 7.75. The number of rotatable bonds is 7. The minimum atomic E-state index is -0.750. The van der Waals surface area contributed by atoms with Crippen molar-refractivity contribution in [2.75, 3.05) is 28.2 Å². The number of carbonyl (C=O) groups excluding carboxylic acids is 2. The first kappa shape index (κ1) is 28.4. The van der Waals surface area contributed by atoms with Crippen LogP contribution in [0.1, 0.15) is 53.7 Å². The Balaban J connectivity index is 1.53. The number of aromatic nitrogens is 3. The van der Waals surface area contributed by atoms with Gasteiger partial charge >= 0.3 is 0 Å². The molecule has 208 valence electrons. The van der Waals surface area contributed by atoms with Gasteiger partial charge in [0.1, 0.15) is 10.8 Å². The monoisotopic (exact) mass is 556 g/mol. The van der Waals surface area contributed by atoms with Gasteiger partial charge in [0.05, 0.1) is 11.2 Å². The van der Waals surface area contributed by atoms with Crippen LogP contribution in [-0.4, -0.2) is 75.8 Å². The van der Waals surface area contributed by atoms with Gasteiger partial charge in [-0.05, 0) is 50.4 Å². The largest absolute Gasteiger partial charge is 0.503 e. The van der Waals surface area contributed by atoms with Crippen molar-refractivity contribution in [1.82, 2.24) is 30.3 Å². The zero-order valence-corrected chi connectivity index (χ0v) is 23.5.